The highest BCUT2D eigenvalue weighted by molar-refractivity contribution is 6.31. The predicted octanol–water partition coefficient (Wildman–Crippen LogP) is 6.01. The Labute approximate surface area is 260 Å². The molecule has 2 N–H and O–H groups in total. The van der Waals surface area contributed by atoms with E-state index in [2.05, 4.69) is 37.3 Å². The first-order valence-corrected chi connectivity index (χ1v) is 14.8. The number of halogens is 2. The number of imidazole rings is 1. The van der Waals surface area contributed by atoms with Crippen LogP contribution in [0.25, 0.3) is 5.69 Å². The molecule has 0 aliphatic carbocycles. The SMILES string of the molecule is CC(=O)N1C(=O)N(c2cccc(Cl)c2)NC1(C)C.Cc1nc(N2CCC(c3nc[nH]c3C)CC2)n(-c2cccc(Cl)c2)n1. The summed E-state index contributed by atoms with van der Waals surface area (Å²) in [6, 6.07) is 14.2. The van der Waals surface area contributed by atoms with E-state index in [1.165, 1.54) is 28.2 Å². The molecule has 3 amide bonds. The number of piperidine rings is 1. The van der Waals surface area contributed by atoms with Crippen molar-refractivity contribution in [3.8, 4) is 5.69 Å². The van der Waals surface area contributed by atoms with Crippen LogP contribution in [0.15, 0.2) is 54.9 Å². The van der Waals surface area contributed by atoms with E-state index >= 15 is 0 Å². The number of benzene rings is 2. The highest BCUT2D eigenvalue weighted by atomic mass is 35.5. The molecule has 0 saturated carbocycles. The summed E-state index contributed by atoms with van der Waals surface area (Å²) in [6.07, 6.45) is 3.91. The Morgan fingerprint density at radius 2 is 1.63 bits per heavy atom. The molecule has 13 heteroatoms. The molecular weight excluding hydrogens is 589 g/mol. The van der Waals surface area contributed by atoms with Crippen molar-refractivity contribution in [2.24, 2.45) is 0 Å². The van der Waals surface area contributed by atoms with Gasteiger partial charge in [0, 0.05) is 41.7 Å². The Morgan fingerprint density at radius 1 is 1.00 bits per heavy atom. The van der Waals surface area contributed by atoms with Gasteiger partial charge in [-0.25, -0.2) is 25.1 Å². The van der Waals surface area contributed by atoms with Gasteiger partial charge >= 0.3 is 6.03 Å². The molecule has 0 radical (unpaired) electrons. The average Bonchev–Trinajstić information content (AvgIpc) is 3.63. The molecule has 6 rings (SSSR count). The van der Waals surface area contributed by atoms with Gasteiger partial charge in [-0.2, -0.15) is 9.67 Å². The summed E-state index contributed by atoms with van der Waals surface area (Å²) in [4.78, 5) is 39.5. The lowest BCUT2D eigenvalue weighted by Crippen LogP contribution is -2.49. The summed E-state index contributed by atoms with van der Waals surface area (Å²) >= 11 is 12.0. The summed E-state index contributed by atoms with van der Waals surface area (Å²) in [5.41, 5.74) is 6.14. The predicted molar refractivity (Wildman–Crippen MR) is 168 cm³/mol. The van der Waals surface area contributed by atoms with Gasteiger partial charge in [0.1, 0.15) is 11.5 Å². The number of nitrogens with one attached hydrogen (secondary N) is 2. The van der Waals surface area contributed by atoms with Crippen LogP contribution in [-0.4, -0.2) is 60.3 Å². The van der Waals surface area contributed by atoms with Crippen LogP contribution in [0.2, 0.25) is 10.0 Å². The van der Waals surface area contributed by atoms with Crippen LogP contribution in [0.5, 0.6) is 0 Å². The fourth-order valence-electron chi connectivity index (χ4n) is 5.55. The lowest BCUT2D eigenvalue weighted by molar-refractivity contribution is -0.129. The smallest absolute Gasteiger partial charge is 0.347 e. The molecule has 226 valence electrons. The van der Waals surface area contributed by atoms with Crippen molar-refractivity contribution < 1.29 is 9.59 Å². The normalized spacial score (nSPS) is 16.8. The van der Waals surface area contributed by atoms with Crippen LogP contribution in [0.4, 0.5) is 16.4 Å². The van der Waals surface area contributed by atoms with Gasteiger partial charge in [-0.1, -0.05) is 35.3 Å². The number of carbonyl (C=O) groups is 2. The van der Waals surface area contributed by atoms with Gasteiger partial charge in [0.2, 0.25) is 11.9 Å². The maximum Gasteiger partial charge on any atom is 0.347 e. The number of aromatic amines is 1. The van der Waals surface area contributed by atoms with Crippen molar-refractivity contribution in [3.05, 3.63) is 82.1 Å². The lowest BCUT2D eigenvalue weighted by Gasteiger charge is -2.32. The van der Waals surface area contributed by atoms with E-state index < -0.39 is 11.7 Å². The summed E-state index contributed by atoms with van der Waals surface area (Å²) < 4.78 is 1.89. The maximum atomic E-state index is 12.2. The van der Waals surface area contributed by atoms with Gasteiger partial charge in [-0.3, -0.25) is 4.79 Å². The first-order chi connectivity index (χ1) is 20.4. The monoisotopic (exact) mass is 623 g/mol. The average molecular weight is 625 g/mol. The number of nitrogens with zero attached hydrogens (tertiary/aromatic N) is 7. The van der Waals surface area contributed by atoms with Crippen molar-refractivity contribution in [1.29, 1.82) is 0 Å². The van der Waals surface area contributed by atoms with Crippen molar-refractivity contribution in [2.45, 2.75) is 59.0 Å². The zero-order valence-electron chi connectivity index (χ0n) is 24.8. The van der Waals surface area contributed by atoms with Gasteiger partial charge in [0.15, 0.2) is 0 Å². The molecule has 0 bridgehead atoms. The number of anilines is 2. The zero-order chi connectivity index (χ0) is 30.9. The largest absolute Gasteiger partial charge is 0.348 e. The first kappa shape index (κ1) is 30.5. The second-order valence-corrected chi connectivity index (χ2v) is 12.0. The number of rotatable bonds is 4. The number of amides is 3. The van der Waals surface area contributed by atoms with Crippen molar-refractivity contribution in [1.82, 2.24) is 35.1 Å². The minimum Gasteiger partial charge on any atom is -0.348 e. The fourth-order valence-corrected chi connectivity index (χ4v) is 5.92. The van der Waals surface area contributed by atoms with E-state index in [1.807, 2.05) is 35.9 Å². The van der Waals surface area contributed by atoms with Crippen molar-refractivity contribution in [2.75, 3.05) is 23.0 Å². The molecule has 4 aromatic rings. The molecular formula is C30H35Cl2N9O2. The summed E-state index contributed by atoms with van der Waals surface area (Å²) in [6.45, 7) is 10.8. The van der Waals surface area contributed by atoms with Crippen molar-refractivity contribution in [3.63, 3.8) is 0 Å². The number of carbonyl (C=O) groups excluding carboxylic acids is 2. The number of hydrogen-bond donors (Lipinski definition) is 2. The Balaban J connectivity index is 0.000000181. The third-order valence-electron chi connectivity index (χ3n) is 7.49. The molecule has 4 heterocycles. The number of aromatic nitrogens is 5. The van der Waals surface area contributed by atoms with Crippen LogP contribution in [0.1, 0.15) is 56.7 Å². The minimum atomic E-state index is -0.759. The topological polar surface area (TPSA) is 115 Å². The van der Waals surface area contributed by atoms with Gasteiger partial charge in [0.25, 0.3) is 0 Å². The van der Waals surface area contributed by atoms with Crippen LogP contribution in [0, 0.1) is 13.8 Å². The van der Waals surface area contributed by atoms with Crippen LogP contribution in [-0.2, 0) is 4.79 Å². The Bertz CT molecular complexity index is 1630. The quantitative estimate of drug-likeness (QED) is 0.286. The van der Waals surface area contributed by atoms with E-state index in [1.54, 1.807) is 44.4 Å². The highest BCUT2D eigenvalue weighted by Gasteiger charge is 2.46. The standard InChI is InChI=1S/C18H21ClN6.C12H14ClN3O2/c1-12-17(21-11-20-12)14-6-8-24(9-7-14)18-22-13(2)23-25(18)16-5-3-4-15(19)10-16;1-8(17)15-11(18)16(14-12(15,2)3)10-6-4-5-9(13)7-10/h3-5,10-11,14H,6-9H2,1-2H3,(H,20,21);4-7,14H,1-3H3. The molecule has 2 saturated heterocycles. The van der Waals surface area contributed by atoms with E-state index in [9.17, 15) is 9.59 Å². The second-order valence-electron chi connectivity index (χ2n) is 11.1. The van der Waals surface area contributed by atoms with Crippen molar-refractivity contribution >= 4 is 46.8 Å². The third-order valence-corrected chi connectivity index (χ3v) is 7.96. The van der Waals surface area contributed by atoms with Gasteiger partial charge in [-0.05, 0) is 76.9 Å². The summed E-state index contributed by atoms with van der Waals surface area (Å²) in [7, 11) is 0. The van der Waals surface area contributed by atoms with Gasteiger partial charge < -0.3 is 9.88 Å². The molecule has 0 spiro atoms. The molecule has 0 atom stereocenters. The van der Waals surface area contributed by atoms with E-state index in [-0.39, 0.29) is 5.91 Å². The summed E-state index contributed by atoms with van der Waals surface area (Å²) in [5, 5.41) is 7.12. The van der Waals surface area contributed by atoms with Crippen LogP contribution < -0.4 is 15.3 Å². The Hall–Kier alpha value is -3.93. The maximum absolute atomic E-state index is 12.2. The van der Waals surface area contributed by atoms with Crippen LogP contribution >= 0.6 is 23.2 Å². The number of urea groups is 1. The molecule has 11 nitrogen and oxygen atoms in total. The Morgan fingerprint density at radius 3 is 2.19 bits per heavy atom. The number of H-pyrrole nitrogens is 1. The highest BCUT2D eigenvalue weighted by Crippen LogP contribution is 2.31. The Kier molecular flexibility index (Phi) is 8.77. The second kappa shape index (κ2) is 12.4. The number of hydrazine groups is 1. The first-order valence-electron chi connectivity index (χ1n) is 14.1. The number of imide groups is 1. The van der Waals surface area contributed by atoms with Crippen LogP contribution in [0.3, 0.4) is 0 Å². The molecule has 2 aliphatic heterocycles. The summed E-state index contributed by atoms with van der Waals surface area (Å²) in [5.74, 6) is 1.85. The fraction of sp³-hybridized carbons (Fsp3) is 0.367. The minimum absolute atomic E-state index is 0.304. The number of aryl methyl sites for hydroxylation is 2. The molecule has 43 heavy (non-hydrogen) atoms. The van der Waals surface area contributed by atoms with E-state index in [0.29, 0.717) is 21.7 Å². The van der Waals surface area contributed by atoms with Gasteiger partial charge in [0.05, 0.1) is 23.4 Å². The third kappa shape index (κ3) is 6.53. The van der Waals surface area contributed by atoms with Gasteiger partial charge in [-0.15, -0.1) is 5.10 Å². The number of hydrogen-bond acceptors (Lipinski definition) is 7. The molecule has 2 aromatic heterocycles. The van der Waals surface area contributed by atoms with E-state index in [4.69, 9.17) is 23.2 Å². The molecule has 2 aromatic carbocycles. The van der Waals surface area contributed by atoms with E-state index in [0.717, 1.165) is 43.4 Å². The molecule has 2 aliphatic rings. The lowest BCUT2D eigenvalue weighted by atomic mass is 9.93. The molecule has 0 unspecified atom stereocenters. The molecule has 2 fully saturated rings. The zero-order valence-corrected chi connectivity index (χ0v) is 26.3.